The van der Waals surface area contributed by atoms with Crippen LogP contribution in [0.1, 0.15) is 12.8 Å². The van der Waals surface area contributed by atoms with Crippen LogP contribution in [0.15, 0.2) is 24.3 Å². The van der Waals surface area contributed by atoms with Gasteiger partial charge in [0.05, 0.1) is 0 Å². The smallest absolute Gasteiger partial charge is 0.265 e. The van der Waals surface area contributed by atoms with Gasteiger partial charge in [-0.25, -0.2) is 5.84 Å². The molecule has 1 fully saturated rings. The Labute approximate surface area is 111 Å². The number of phenols is 1. The number of piperidine rings is 1. The Bertz CT molecular complexity index is 507. The quantitative estimate of drug-likeness (QED) is 0.276. The number of carbonyl (C=O) groups is 1. The molecule has 0 spiro atoms. The van der Waals surface area contributed by atoms with Gasteiger partial charge in [-0.05, 0) is 37.1 Å². The van der Waals surface area contributed by atoms with E-state index in [1.807, 2.05) is 0 Å². The largest absolute Gasteiger partial charge is 0.508 e. The van der Waals surface area contributed by atoms with Crippen molar-refractivity contribution in [3.8, 4) is 5.75 Å². The van der Waals surface area contributed by atoms with Crippen LogP contribution in [0.25, 0.3) is 0 Å². The van der Waals surface area contributed by atoms with Crippen LogP contribution in [-0.4, -0.2) is 27.8 Å². The molecule has 1 saturated heterocycles. The van der Waals surface area contributed by atoms with Crippen LogP contribution in [0.2, 0.25) is 0 Å². The van der Waals surface area contributed by atoms with Crippen molar-refractivity contribution in [1.82, 2.24) is 5.01 Å². The van der Waals surface area contributed by atoms with E-state index in [4.69, 9.17) is 16.7 Å². The van der Waals surface area contributed by atoms with Crippen LogP contribution < -0.4 is 16.7 Å². The first-order valence-electron chi connectivity index (χ1n) is 5.89. The molecular weight excluding hydrogens is 267 g/mol. The fraction of sp³-hybridized carbons (Fsp3) is 0.364. The van der Waals surface area contributed by atoms with Crippen molar-refractivity contribution in [2.75, 3.05) is 11.6 Å². The number of hydrazine groups is 1. The maximum atomic E-state index is 12.3. The molecule has 0 aliphatic carbocycles. The first-order valence-corrected chi connectivity index (χ1v) is 7.30. The monoisotopic (exact) mass is 284 g/mol. The van der Waals surface area contributed by atoms with Crippen LogP contribution in [0.5, 0.6) is 5.75 Å². The molecule has 7 nitrogen and oxygen atoms in total. The summed E-state index contributed by atoms with van der Waals surface area (Å²) in [6, 6.07) is 6.04. The second-order valence-corrected chi connectivity index (χ2v) is 6.37. The van der Waals surface area contributed by atoms with Gasteiger partial charge < -0.3 is 20.5 Å². The van der Waals surface area contributed by atoms with Gasteiger partial charge in [0.2, 0.25) is 0 Å². The van der Waals surface area contributed by atoms with E-state index in [0.29, 0.717) is 25.1 Å². The van der Waals surface area contributed by atoms with E-state index >= 15 is 0 Å². The standard InChI is InChI=1S/C11H17N4O3P/c12-11(6-1-7-15(13)10(11)17)19(18)14-8-2-4-9(16)5-3-8/h2-5,16,19H,1,6-7,12-13H2,(H,14,18)/t11-/m0/s1. The lowest BCUT2D eigenvalue weighted by Crippen LogP contribution is -2.59. The molecule has 8 heteroatoms. The van der Waals surface area contributed by atoms with Crippen molar-refractivity contribution < 1.29 is 14.5 Å². The molecule has 0 radical (unpaired) electrons. The van der Waals surface area contributed by atoms with Crippen molar-refractivity contribution in [2.24, 2.45) is 11.6 Å². The molecule has 1 unspecified atom stereocenters. The van der Waals surface area contributed by atoms with Crippen molar-refractivity contribution in [3.05, 3.63) is 24.3 Å². The molecule has 6 N–H and O–H groups in total. The summed E-state index contributed by atoms with van der Waals surface area (Å²) in [5.74, 6) is 5.13. The molecule has 19 heavy (non-hydrogen) atoms. The van der Waals surface area contributed by atoms with Gasteiger partial charge in [-0.1, -0.05) is 0 Å². The molecule has 0 bridgehead atoms. The minimum absolute atomic E-state index is 0.106. The highest BCUT2D eigenvalue weighted by Gasteiger charge is 2.45. The predicted octanol–water partition coefficient (Wildman–Crippen LogP) is 0.430. The van der Waals surface area contributed by atoms with Gasteiger partial charge in [0, 0.05) is 12.2 Å². The van der Waals surface area contributed by atoms with Crippen molar-refractivity contribution in [1.29, 1.82) is 0 Å². The second-order valence-electron chi connectivity index (χ2n) is 4.57. The Morgan fingerprint density at radius 3 is 2.63 bits per heavy atom. The summed E-state index contributed by atoms with van der Waals surface area (Å²) in [5, 5.41) is 11.5. The van der Waals surface area contributed by atoms with Crippen LogP contribution in [0.3, 0.4) is 0 Å². The zero-order chi connectivity index (χ0) is 14.0. The van der Waals surface area contributed by atoms with Gasteiger partial charge in [-0.2, -0.15) is 0 Å². The fourth-order valence-corrected chi connectivity index (χ4v) is 3.38. The second kappa shape index (κ2) is 5.21. The maximum Gasteiger partial charge on any atom is 0.265 e. The van der Waals surface area contributed by atoms with E-state index in [9.17, 15) is 9.36 Å². The Hall–Kier alpha value is -1.56. The van der Waals surface area contributed by atoms with Gasteiger partial charge in [-0.15, -0.1) is 0 Å². The number of aromatic hydroxyl groups is 1. The third-order valence-corrected chi connectivity index (χ3v) is 4.93. The first-order chi connectivity index (χ1) is 8.93. The summed E-state index contributed by atoms with van der Waals surface area (Å²) >= 11 is 0. The molecule has 1 aromatic carbocycles. The van der Waals surface area contributed by atoms with Gasteiger partial charge in [0.15, 0.2) is 13.2 Å². The van der Waals surface area contributed by atoms with Gasteiger partial charge >= 0.3 is 0 Å². The topological polar surface area (TPSA) is 122 Å². The lowest BCUT2D eigenvalue weighted by molar-refractivity contribution is -0.136. The van der Waals surface area contributed by atoms with E-state index in [1.165, 1.54) is 12.1 Å². The molecule has 104 valence electrons. The number of hydrogen-bond donors (Lipinski definition) is 4. The zero-order valence-corrected chi connectivity index (χ0v) is 11.3. The summed E-state index contributed by atoms with van der Waals surface area (Å²) in [4.78, 5) is 12.0. The van der Waals surface area contributed by atoms with E-state index < -0.39 is 19.1 Å². The lowest BCUT2D eigenvalue weighted by Gasteiger charge is -2.36. The number of nitrogens with zero attached hydrogens (tertiary/aromatic N) is 1. The highest BCUT2D eigenvalue weighted by atomic mass is 31.1. The summed E-state index contributed by atoms with van der Waals surface area (Å²) < 4.78 is 12.3. The Morgan fingerprint density at radius 2 is 2.00 bits per heavy atom. The van der Waals surface area contributed by atoms with Crippen molar-refractivity contribution >= 4 is 19.5 Å². The van der Waals surface area contributed by atoms with Gasteiger partial charge in [-0.3, -0.25) is 9.80 Å². The number of carbonyl (C=O) groups excluding carboxylic acids is 1. The number of hydrogen-bond acceptors (Lipinski definition) is 5. The summed E-state index contributed by atoms with van der Waals surface area (Å²) in [6.07, 6.45) is 0.953. The number of phenolic OH excluding ortho intramolecular Hbond substituents is 1. The molecule has 0 aromatic heterocycles. The van der Waals surface area contributed by atoms with E-state index in [1.54, 1.807) is 12.1 Å². The lowest BCUT2D eigenvalue weighted by atomic mass is 10.1. The van der Waals surface area contributed by atoms with Crippen LogP contribution in [-0.2, 0) is 9.36 Å². The Morgan fingerprint density at radius 1 is 1.37 bits per heavy atom. The molecule has 1 aromatic rings. The highest BCUT2D eigenvalue weighted by Crippen LogP contribution is 2.41. The van der Waals surface area contributed by atoms with Gasteiger partial charge in [0.1, 0.15) is 5.75 Å². The minimum atomic E-state index is -2.61. The van der Waals surface area contributed by atoms with E-state index in [2.05, 4.69) is 5.09 Å². The molecule has 1 aliphatic heterocycles. The molecule has 2 rings (SSSR count). The third-order valence-electron chi connectivity index (χ3n) is 3.14. The van der Waals surface area contributed by atoms with Crippen LogP contribution in [0, 0.1) is 0 Å². The Kier molecular flexibility index (Phi) is 3.80. The Balaban J connectivity index is 2.14. The van der Waals surface area contributed by atoms with Crippen LogP contribution >= 0.6 is 7.95 Å². The number of amides is 1. The van der Waals surface area contributed by atoms with Gasteiger partial charge in [0.25, 0.3) is 5.91 Å². The SMILES string of the molecule is NN1CCC[C@](N)([PH](=O)Nc2ccc(O)cc2)C1=O. The van der Waals surface area contributed by atoms with E-state index in [-0.39, 0.29) is 5.75 Å². The van der Waals surface area contributed by atoms with E-state index in [0.717, 1.165) is 5.01 Å². The molecule has 2 atom stereocenters. The molecule has 1 heterocycles. The number of nitrogens with one attached hydrogen (secondary N) is 1. The number of benzene rings is 1. The summed E-state index contributed by atoms with van der Waals surface area (Å²) in [5.41, 5.74) is 6.50. The molecule has 1 amide bonds. The summed E-state index contributed by atoms with van der Waals surface area (Å²) in [7, 11) is -2.61. The highest BCUT2D eigenvalue weighted by molar-refractivity contribution is 7.49. The normalized spacial score (nSPS) is 25.2. The number of anilines is 1. The molecule has 0 saturated carbocycles. The number of nitrogens with two attached hydrogens (primary N) is 2. The average molecular weight is 284 g/mol. The molecular formula is C11H17N4O3P. The third kappa shape index (κ3) is 2.73. The van der Waals surface area contributed by atoms with Crippen LogP contribution in [0.4, 0.5) is 5.69 Å². The molecule has 1 aliphatic rings. The summed E-state index contributed by atoms with van der Waals surface area (Å²) in [6.45, 7) is 0.423. The van der Waals surface area contributed by atoms with Crippen molar-refractivity contribution in [2.45, 2.75) is 18.1 Å². The van der Waals surface area contributed by atoms with Crippen molar-refractivity contribution in [3.63, 3.8) is 0 Å². The zero-order valence-electron chi connectivity index (χ0n) is 10.3. The predicted molar refractivity (Wildman–Crippen MR) is 72.8 cm³/mol. The fourth-order valence-electron chi connectivity index (χ4n) is 1.99. The number of rotatable bonds is 3. The maximum absolute atomic E-state index is 12.3. The average Bonchev–Trinajstić information content (AvgIpc) is 2.38. The first kappa shape index (κ1) is 13.9. The minimum Gasteiger partial charge on any atom is -0.508 e.